The van der Waals surface area contributed by atoms with Crippen molar-refractivity contribution in [1.29, 1.82) is 5.41 Å². The van der Waals surface area contributed by atoms with Crippen LogP contribution in [0.4, 0.5) is 0 Å². The fraction of sp³-hybridized carbons (Fsp3) is 0.286. The highest BCUT2D eigenvalue weighted by Crippen LogP contribution is 2.33. The molecule has 2 aromatic carbocycles. The number of unbranched alkanes of at least 4 members (excludes halogenated alkanes) is 2. The van der Waals surface area contributed by atoms with Gasteiger partial charge in [-0.05, 0) is 73.7 Å². The summed E-state index contributed by atoms with van der Waals surface area (Å²) < 4.78 is 7.74. The molecule has 0 fully saturated rings. The first-order valence-electron chi connectivity index (χ1n) is 12.0. The van der Waals surface area contributed by atoms with E-state index in [1.165, 1.54) is 0 Å². The van der Waals surface area contributed by atoms with Gasteiger partial charge in [0.25, 0.3) is 0 Å². The largest absolute Gasteiger partial charge is 0.494 e. The zero-order valence-electron chi connectivity index (χ0n) is 20.3. The van der Waals surface area contributed by atoms with Crippen LogP contribution in [0.25, 0.3) is 22.5 Å². The Bertz CT molecular complexity index is 1160. The lowest BCUT2D eigenvalue weighted by molar-refractivity contribution is -0.120. The van der Waals surface area contributed by atoms with E-state index in [-0.39, 0.29) is 25.0 Å². The average molecular weight is 509 g/mol. The molecule has 0 unspecified atom stereocenters. The quantitative estimate of drug-likeness (QED) is 0.110. The summed E-state index contributed by atoms with van der Waals surface area (Å²) >= 11 is 6.48. The van der Waals surface area contributed by atoms with Crippen LogP contribution in [0, 0.1) is 5.41 Å². The molecule has 1 heterocycles. The minimum Gasteiger partial charge on any atom is -0.494 e. The molecule has 0 spiro atoms. The molecule has 0 aliphatic heterocycles. The third-order valence-corrected chi connectivity index (χ3v) is 5.88. The van der Waals surface area contributed by atoms with Gasteiger partial charge in [0, 0.05) is 29.4 Å². The van der Waals surface area contributed by atoms with E-state index in [2.05, 4.69) is 17.2 Å². The molecule has 0 aliphatic rings. The zero-order chi connectivity index (χ0) is 25.8. The van der Waals surface area contributed by atoms with Crippen LogP contribution in [0.15, 0.2) is 73.3 Å². The van der Waals surface area contributed by atoms with Crippen molar-refractivity contribution >= 4 is 23.5 Å². The third-order valence-electron chi connectivity index (χ3n) is 5.55. The van der Waals surface area contributed by atoms with Crippen molar-refractivity contribution in [3.63, 3.8) is 0 Å². The molecule has 0 bridgehead atoms. The summed E-state index contributed by atoms with van der Waals surface area (Å²) in [4.78, 5) is 12.8. The number of carbonyl (C=O) groups excluding carboxylic acids is 1. The number of halogens is 1. The van der Waals surface area contributed by atoms with Gasteiger partial charge < -0.3 is 19.7 Å². The molecule has 190 valence electrons. The van der Waals surface area contributed by atoms with Crippen molar-refractivity contribution in [3.05, 3.63) is 78.3 Å². The number of allylic oxidation sites excluding steroid dienone is 1. The van der Waals surface area contributed by atoms with Crippen LogP contribution in [0.5, 0.6) is 5.75 Å². The summed E-state index contributed by atoms with van der Waals surface area (Å²) in [5.74, 6) is 0.347. The Morgan fingerprint density at radius 2 is 1.81 bits per heavy atom. The van der Waals surface area contributed by atoms with Crippen LogP contribution in [0.2, 0.25) is 5.02 Å². The van der Waals surface area contributed by atoms with Crippen molar-refractivity contribution in [2.24, 2.45) is 0 Å². The van der Waals surface area contributed by atoms with E-state index in [9.17, 15) is 4.79 Å². The lowest BCUT2D eigenvalue weighted by Gasteiger charge is -2.16. The fourth-order valence-electron chi connectivity index (χ4n) is 3.76. The van der Waals surface area contributed by atoms with E-state index in [1.54, 1.807) is 0 Å². The highest BCUT2D eigenvalue weighted by Gasteiger charge is 2.17. The Morgan fingerprint density at radius 1 is 1.06 bits per heavy atom. The van der Waals surface area contributed by atoms with Gasteiger partial charge in [0.05, 0.1) is 12.3 Å². The van der Waals surface area contributed by atoms with Crippen LogP contribution in [-0.2, 0) is 11.3 Å². The number of benzene rings is 2. The molecule has 1 aromatic heterocycles. The molecule has 1 amide bonds. The monoisotopic (exact) mass is 508 g/mol. The van der Waals surface area contributed by atoms with Crippen molar-refractivity contribution in [2.75, 3.05) is 19.8 Å². The molecule has 0 aliphatic carbocycles. The predicted molar refractivity (Wildman–Crippen MR) is 145 cm³/mol. The van der Waals surface area contributed by atoms with E-state index >= 15 is 0 Å². The number of aliphatic hydroxyl groups excluding tert-OH is 1. The van der Waals surface area contributed by atoms with Crippen LogP contribution in [0.1, 0.15) is 25.7 Å². The lowest BCUT2D eigenvalue weighted by atomic mass is 10.1. The van der Waals surface area contributed by atoms with Crippen molar-refractivity contribution < 1.29 is 14.6 Å². The first-order chi connectivity index (χ1) is 17.5. The number of aromatic nitrogens is 1. The van der Waals surface area contributed by atoms with Gasteiger partial charge in [-0.25, -0.2) is 0 Å². The van der Waals surface area contributed by atoms with Gasteiger partial charge >= 0.3 is 0 Å². The molecule has 3 rings (SSSR count). The summed E-state index contributed by atoms with van der Waals surface area (Å²) in [7, 11) is 0. The second-order valence-corrected chi connectivity index (χ2v) is 8.66. The molecule has 4 N–H and O–H groups in total. The highest BCUT2D eigenvalue weighted by molar-refractivity contribution is 6.33. The van der Waals surface area contributed by atoms with E-state index in [1.807, 2.05) is 71.3 Å². The molecular formula is C28H33ClN4O3. The summed E-state index contributed by atoms with van der Waals surface area (Å²) in [5.41, 5.74) is 3.38. The number of nitrogens with one attached hydrogen (secondary N) is 3. The van der Waals surface area contributed by atoms with E-state index in [0.29, 0.717) is 24.6 Å². The average Bonchev–Trinajstić information content (AvgIpc) is 3.27. The SMILES string of the molecule is C=CCCCCOc1ccc(-c2ccc(-c3ccccc3Cl)n2CC(=O)NC(=N)NCCCO)cc1. The third kappa shape index (κ3) is 7.73. The fourth-order valence-corrected chi connectivity index (χ4v) is 3.99. The van der Waals surface area contributed by atoms with Gasteiger partial charge in [0.15, 0.2) is 5.96 Å². The first kappa shape index (κ1) is 27.0. The smallest absolute Gasteiger partial charge is 0.246 e. The van der Waals surface area contributed by atoms with Gasteiger partial charge in [-0.3, -0.25) is 15.5 Å². The minimum absolute atomic E-state index is 0.00545. The minimum atomic E-state index is -0.346. The lowest BCUT2D eigenvalue weighted by Crippen LogP contribution is -2.42. The van der Waals surface area contributed by atoms with Gasteiger partial charge in [0.1, 0.15) is 12.3 Å². The maximum Gasteiger partial charge on any atom is 0.246 e. The van der Waals surface area contributed by atoms with Crippen LogP contribution < -0.4 is 15.4 Å². The molecule has 36 heavy (non-hydrogen) atoms. The molecule has 8 heteroatoms. The predicted octanol–water partition coefficient (Wildman–Crippen LogP) is 5.23. The molecule has 0 saturated heterocycles. The number of nitrogens with zero attached hydrogens (tertiary/aromatic N) is 1. The van der Waals surface area contributed by atoms with Crippen LogP contribution >= 0.6 is 11.6 Å². The van der Waals surface area contributed by atoms with Gasteiger partial charge in [-0.2, -0.15) is 0 Å². The summed E-state index contributed by atoms with van der Waals surface area (Å²) in [5, 5.41) is 22.8. The molecule has 3 aromatic rings. The van der Waals surface area contributed by atoms with E-state index in [4.69, 9.17) is 26.9 Å². The molecule has 0 radical (unpaired) electrons. The van der Waals surface area contributed by atoms with Crippen LogP contribution in [-0.4, -0.2) is 41.3 Å². The number of aliphatic hydroxyl groups is 1. The Kier molecular flexibility index (Phi) is 10.6. The van der Waals surface area contributed by atoms with Crippen molar-refractivity contribution in [1.82, 2.24) is 15.2 Å². The van der Waals surface area contributed by atoms with E-state index in [0.717, 1.165) is 47.5 Å². The maximum atomic E-state index is 12.8. The molecule has 0 saturated carbocycles. The first-order valence-corrected chi connectivity index (χ1v) is 12.4. The Labute approximate surface area is 217 Å². The number of ether oxygens (including phenoxy) is 1. The summed E-state index contributed by atoms with van der Waals surface area (Å²) in [6.07, 6.45) is 5.41. The van der Waals surface area contributed by atoms with Gasteiger partial charge in [-0.1, -0.05) is 35.9 Å². The standard InChI is InChI=1S/C28H33ClN4O3/c1-2-3-4-7-19-36-22-13-11-21(12-14-22)25-15-16-26(23-9-5-6-10-24(23)29)33(25)20-27(35)32-28(30)31-17-8-18-34/h2,5-6,9-16,34H,1,3-4,7-8,17-20H2,(H3,30,31,32,35). The number of hydrogen-bond acceptors (Lipinski definition) is 4. The van der Waals surface area contributed by atoms with Gasteiger partial charge in [-0.15, -0.1) is 6.58 Å². The Hall–Kier alpha value is -3.55. The molecule has 7 nitrogen and oxygen atoms in total. The Morgan fingerprint density at radius 3 is 2.53 bits per heavy atom. The normalized spacial score (nSPS) is 10.6. The molecular weight excluding hydrogens is 476 g/mol. The Balaban J connectivity index is 1.80. The zero-order valence-corrected chi connectivity index (χ0v) is 21.1. The van der Waals surface area contributed by atoms with Crippen LogP contribution in [0.3, 0.4) is 0 Å². The number of rotatable bonds is 13. The number of guanidine groups is 1. The second kappa shape index (κ2) is 14.1. The maximum absolute atomic E-state index is 12.8. The number of amides is 1. The summed E-state index contributed by atoms with van der Waals surface area (Å²) in [6, 6.07) is 19.2. The summed E-state index contributed by atoms with van der Waals surface area (Å²) in [6.45, 7) is 4.80. The van der Waals surface area contributed by atoms with Crippen molar-refractivity contribution in [2.45, 2.75) is 32.2 Å². The highest BCUT2D eigenvalue weighted by atomic mass is 35.5. The second-order valence-electron chi connectivity index (χ2n) is 8.25. The number of hydrogen-bond donors (Lipinski definition) is 4. The van der Waals surface area contributed by atoms with Crippen molar-refractivity contribution in [3.8, 4) is 28.3 Å². The molecule has 0 atom stereocenters. The topological polar surface area (TPSA) is 99.4 Å². The number of carbonyl (C=O) groups is 1. The van der Waals surface area contributed by atoms with Gasteiger partial charge in [0.2, 0.25) is 5.91 Å². The van der Waals surface area contributed by atoms with E-state index < -0.39 is 0 Å².